The number of nitrogens with zero attached hydrogens (tertiary/aromatic N) is 1. The van der Waals surface area contributed by atoms with Crippen LogP contribution in [-0.4, -0.2) is 27.2 Å². The number of hydrogen-bond acceptors (Lipinski definition) is 6. The number of hydrogen-bond donors (Lipinski definition) is 3. The Morgan fingerprint density at radius 1 is 0.968 bits per heavy atom. The summed E-state index contributed by atoms with van der Waals surface area (Å²) in [5, 5.41) is 2.98. The first-order valence-corrected chi connectivity index (χ1v) is 10.2. The molecular weight excluding hydrogens is 396 g/mol. The fourth-order valence-electron chi connectivity index (χ4n) is 4.89. The fraction of sp³-hybridized carbons (Fsp3) is 0.348. The summed E-state index contributed by atoms with van der Waals surface area (Å²) in [4.78, 5) is 60.9. The predicted octanol–water partition coefficient (Wildman–Crippen LogP) is 2.17. The van der Waals surface area contributed by atoms with Gasteiger partial charge in [0, 0.05) is 12.1 Å². The average Bonchev–Trinajstić information content (AvgIpc) is 2.65. The molecule has 0 amide bonds. The van der Waals surface area contributed by atoms with Crippen molar-refractivity contribution in [2.45, 2.75) is 39.5 Å². The van der Waals surface area contributed by atoms with Gasteiger partial charge in [0.1, 0.15) is 23.3 Å². The minimum absolute atomic E-state index is 0.143. The van der Waals surface area contributed by atoms with Crippen molar-refractivity contribution in [3.8, 4) is 0 Å². The van der Waals surface area contributed by atoms with Crippen molar-refractivity contribution in [2.24, 2.45) is 16.3 Å². The molecule has 1 saturated carbocycles. The normalized spacial score (nSPS) is 24.0. The number of carbonyl (C=O) groups is 2. The van der Waals surface area contributed by atoms with E-state index in [0.29, 0.717) is 29.9 Å². The van der Waals surface area contributed by atoms with Crippen LogP contribution >= 0.6 is 0 Å². The molecule has 2 aliphatic heterocycles. The van der Waals surface area contributed by atoms with E-state index in [9.17, 15) is 19.2 Å². The van der Waals surface area contributed by atoms with Crippen molar-refractivity contribution >= 4 is 23.1 Å². The average molecular weight is 418 g/mol. The van der Waals surface area contributed by atoms with E-state index in [1.165, 1.54) is 0 Å². The molecule has 5 rings (SSSR count). The number of benzene rings is 1. The van der Waals surface area contributed by atoms with Crippen LogP contribution < -0.4 is 16.6 Å². The second kappa shape index (κ2) is 6.47. The van der Waals surface area contributed by atoms with E-state index in [-0.39, 0.29) is 33.9 Å². The lowest BCUT2D eigenvalue weighted by Gasteiger charge is -2.39. The third kappa shape index (κ3) is 3.01. The molecular formula is C23H22N4O4. The molecule has 31 heavy (non-hydrogen) atoms. The molecule has 158 valence electrons. The molecule has 0 radical (unpaired) electrons. The van der Waals surface area contributed by atoms with E-state index < -0.39 is 23.1 Å². The standard InChI is InChI=1S/C23H22N4O4/c1-10-4-6-11(7-5-10)14-16-18(29)15-12(8-23(2,3)9-13(15)28)24-19(16)25-20-17(14)21(30)27-22(31)26-20/h4-7,14-15H,8-9H2,1-3H3,(H3,25,26,27,30,31). The highest BCUT2D eigenvalue weighted by Crippen LogP contribution is 2.45. The van der Waals surface area contributed by atoms with Crippen LogP contribution in [0.15, 0.2) is 50.2 Å². The first kappa shape index (κ1) is 19.4. The van der Waals surface area contributed by atoms with Crippen molar-refractivity contribution < 1.29 is 9.59 Å². The van der Waals surface area contributed by atoms with Gasteiger partial charge >= 0.3 is 5.69 Å². The highest BCUT2D eigenvalue weighted by Gasteiger charge is 2.49. The van der Waals surface area contributed by atoms with Gasteiger partial charge in [-0.1, -0.05) is 43.7 Å². The molecule has 8 heteroatoms. The van der Waals surface area contributed by atoms with Crippen molar-refractivity contribution in [2.75, 3.05) is 5.32 Å². The molecule has 8 nitrogen and oxygen atoms in total. The molecule has 0 bridgehead atoms. The van der Waals surface area contributed by atoms with E-state index in [4.69, 9.17) is 0 Å². The number of aromatic nitrogens is 2. The van der Waals surface area contributed by atoms with E-state index in [2.05, 4.69) is 20.3 Å². The molecule has 0 spiro atoms. The van der Waals surface area contributed by atoms with Crippen molar-refractivity contribution in [3.63, 3.8) is 0 Å². The van der Waals surface area contributed by atoms with E-state index >= 15 is 0 Å². The Morgan fingerprint density at radius 2 is 1.68 bits per heavy atom. The first-order chi connectivity index (χ1) is 14.6. The number of aryl methyl sites for hydroxylation is 1. The van der Waals surface area contributed by atoms with Crippen LogP contribution in [0.3, 0.4) is 0 Å². The maximum Gasteiger partial charge on any atom is 0.327 e. The quantitative estimate of drug-likeness (QED) is 0.612. The minimum Gasteiger partial charge on any atom is -0.326 e. The largest absolute Gasteiger partial charge is 0.327 e. The zero-order chi connectivity index (χ0) is 22.1. The smallest absolute Gasteiger partial charge is 0.326 e. The predicted molar refractivity (Wildman–Crippen MR) is 115 cm³/mol. The van der Waals surface area contributed by atoms with Gasteiger partial charge in [0.25, 0.3) is 5.56 Å². The van der Waals surface area contributed by atoms with Gasteiger partial charge in [-0.15, -0.1) is 0 Å². The van der Waals surface area contributed by atoms with Crippen molar-refractivity contribution in [1.29, 1.82) is 0 Å². The van der Waals surface area contributed by atoms with Crippen LogP contribution in [0, 0.1) is 18.3 Å². The highest BCUT2D eigenvalue weighted by molar-refractivity contribution is 6.29. The summed E-state index contributed by atoms with van der Waals surface area (Å²) in [5.74, 6) is -1.61. The molecule has 0 saturated heterocycles. The number of rotatable bonds is 1. The zero-order valence-corrected chi connectivity index (χ0v) is 17.5. The monoisotopic (exact) mass is 418 g/mol. The fourth-order valence-corrected chi connectivity index (χ4v) is 4.89. The van der Waals surface area contributed by atoms with E-state index in [1.807, 2.05) is 45.0 Å². The molecule has 1 aliphatic carbocycles. The van der Waals surface area contributed by atoms with E-state index in [0.717, 1.165) is 5.56 Å². The number of allylic oxidation sites excluding steroid dienone is 1. The number of nitrogens with one attached hydrogen (secondary N) is 3. The van der Waals surface area contributed by atoms with Gasteiger partial charge in [-0.05, 0) is 24.3 Å². The summed E-state index contributed by atoms with van der Waals surface area (Å²) >= 11 is 0. The van der Waals surface area contributed by atoms with Gasteiger partial charge in [-0.3, -0.25) is 24.4 Å². The SMILES string of the molecule is Cc1ccc(C2C3=C(N=C4CC(C)(C)CC(=O)C4C3=O)Nc3[nH]c(=O)[nH]c(=O)c32)cc1. The summed E-state index contributed by atoms with van der Waals surface area (Å²) in [7, 11) is 0. The van der Waals surface area contributed by atoms with Crippen molar-refractivity contribution in [1.82, 2.24) is 9.97 Å². The van der Waals surface area contributed by atoms with Gasteiger partial charge in [-0.25, -0.2) is 9.79 Å². The maximum absolute atomic E-state index is 13.7. The Balaban J connectivity index is 1.77. The second-order valence-corrected chi connectivity index (χ2v) is 9.31. The summed E-state index contributed by atoms with van der Waals surface area (Å²) in [5.41, 5.74) is 1.30. The van der Waals surface area contributed by atoms with Gasteiger partial charge in [0.15, 0.2) is 5.78 Å². The van der Waals surface area contributed by atoms with Crippen LogP contribution in [0.25, 0.3) is 0 Å². The topological polar surface area (TPSA) is 124 Å². The van der Waals surface area contributed by atoms with Crippen LogP contribution in [0.2, 0.25) is 0 Å². The van der Waals surface area contributed by atoms with Crippen LogP contribution in [0.1, 0.15) is 49.3 Å². The lowest BCUT2D eigenvalue weighted by molar-refractivity contribution is -0.130. The molecule has 2 aromatic rings. The lowest BCUT2D eigenvalue weighted by atomic mass is 9.66. The third-order valence-electron chi connectivity index (χ3n) is 6.22. The van der Waals surface area contributed by atoms with Gasteiger partial charge in [0.2, 0.25) is 0 Å². The summed E-state index contributed by atoms with van der Waals surface area (Å²) in [6, 6.07) is 7.49. The minimum atomic E-state index is -0.912. The summed E-state index contributed by atoms with van der Waals surface area (Å²) in [6.07, 6.45) is 0.833. The molecule has 3 aliphatic rings. The van der Waals surface area contributed by atoms with Crippen LogP contribution in [-0.2, 0) is 9.59 Å². The molecule has 1 aromatic carbocycles. The number of ketones is 2. The van der Waals surface area contributed by atoms with Crippen LogP contribution in [0.4, 0.5) is 5.82 Å². The number of H-pyrrole nitrogens is 2. The number of carbonyl (C=O) groups excluding carboxylic acids is 2. The summed E-state index contributed by atoms with van der Waals surface area (Å²) in [6.45, 7) is 5.90. The molecule has 3 heterocycles. The lowest BCUT2D eigenvalue weighted by Crippen LogP contribution is -2.47. The molecule has 3 N–H and O–H groups in total. The Morgan fingerprint density at radius 3 is 2.39 bits per heavy atom. The molecule has 1 aromatic heterocycles. The third-order valence-corrected chi connectivity index (χ3v) is 6.22. The number of fused-ring (bicyclic) bond motifs is 2. The maximum atomic E-state index is 13.7. The first-order valence-electron chi connectivity index (χ1n) is 10.2. The van der Waals surface area contributed by atoms with Gasteiger partial charge in [-0.2, -0.15) is 0 Å². The molecule has 2 unspecified atom stereocenters. The van der Waals surface area contributed by atoms with E-state index in [1.54, 1.807) is 0 Å². The van der Waals surface area contributed by atoms with Crippen molar-refractivity contribution in [3.05, 3.63) is 73.2 Å². The Labute approximate surface area is 177 Å². The highest BCUT2D eigenvalue weighted by atomic mass is 16.2. The zero-order valence-electron chi connectivity index (χ0n) is 17.5. The Bertz CT molecular complexity index is 1320. The Kier molecular flexibility index (Phi) is 4.05. The summed E-state index contributed by atoms with van der Waals surface area (Å²) < 4.78 is 0. The van der Waals surface area contributed by atoms with Gasteiger partial charge in [0.05, 0.1) is 17.1 Å². The number of aliphatic imine (C=N–C) groups is 1. The second-order valence-electron chi connectivity index (χ2n) is 9.31. The number of anilines is 1. The van der Waals surface area contributed by atoms with Crippen LogP contribution in [0.5, 0.6) is 0 Å². The Hall–Kier alpha value is -3.55. The number of Topliss-reactive ketones (excluding diaryl/α,β-unsaturated/α-hetero) is 2. The molecule has 2 atom stereocenters. The number of aromatic amines is 2. The van der Waals surface area contributed by atoms with Gasteiger partial charge < -0.3 is 5.32 Å². The molecule has 1 fully saturated rings.